The second-order valence-corrected chi connectivity index (χ2v) is 7.22. The molecule has 0 unspecified atom stereocenters. The number of amides is 1. The molecule has 1 aromatic heterocycles. The van der Waals surface area contributed by atoms with Crippen molar-refractivity contribution in [3.05, 3.63) is 30.1 Å². The van der Waals surface area contributed by atoms with E-state index < -0.39 is 0 Å². The fourth-order valence-electron chi connectivity index (χ4n) is 3.02. The summed E-state index contributed by atoms with van der Waals surface area (Å²) >= 11 is 0. The van der Waals surface area contributed by atoms with Gasteiger partial charge in [-0.1, -0.05) is 19.9 Å². The highest BCUT2D eigenvalue weighted by molar-refractivity contribution is 5.80. The van der Waals surface area contributed by atoms with Crippen LogP contribution < -0.4 is 16.0 Å². The molecule has 2 heterocycles. The van der Waals surface area contributed by atoms with Gasteiger partial charge in [0.1, 0.15) is 0 Å². The summed E-state index contributed by atoms with van der Waals surface area (Å²) in [5.74, 6) is 0.916. The molecule has 1 aliphatic heterocycles. The molecule has 7 heteroatoms. The average molecular weight is 375 g/mol. The van der Waals surface area contributed by atoms with Gasteiger partial charge in [-0.25, -0.2) is 0 Å². The van der Waals surface area contributed by atoms with Crippen LogP contribution in [0.3, 0.4) is 0 Å². The van der Waals surface area contributed by atoms with Gasteiger partial charge in [-0.2, -0.15) is 0 Å². The number of carbonyl (C=O) groups excluding carboxylic acids is 1. The van der Waals surface area contributed by atoms with Crippen LogP contribution in [0.1, 0.15) is 39.3 Å². The molecule has 0 aromatic carbocycles. The fourth-order valence-corrected chi connectivity index (χ4v) is 3.02. The summed E-state index contributed by atoms with van der Waals surface area (Å²) in [6.45, 7) is 10.8. The molecule has 1 fully saturated rings. The van der Waals surface area contributed by atoms with Crippen molar-refractivity contribution in [1.29, 1.82) is 0 Å². The number of likely N-dealkylation sites (tertiary alicyclic amines) is 1. The Hall–Kier alpha value is -2.15. The monoisotopic (exact) mass is 374 g/mol. The van der Waals surface area contributed by atoms with E-state index in [1.807, 2.05) is 32.2 Å². The molecule has 0 spiro atoms. The minimum Gasteiger partial charge on any atom is -0.357 e. The zero-order valence-electron chi connectivity index (χ0n) is 16.9. The smallest absolute Gasteiger partial charge is 0.222 e. The van der Waals surface area contributed by atoms with Gasteiger partial charge in [0.25, 0.3) is 0 Å². The number of guanidine groups is 1. The second-order valence-electron chi connectivity index (χ2n) is 7.22. The van der Waals surface area contributed by atoms with Crippen LogP contribution in [0.5, 0.6) is 0 Å². The van der Waals surface area contributed by atoms with Crippen molar-refractivity contribution in [2.75, 3.05) is 32.7 Å². The van der Waals surface area contributed by atoms with Crippen molar-refractivity contribution in [2.24, 2.45) is 10.9 Å². The van der Waals surface area contributed by atoms with Crippen molar-refractivity contribution in [2.45, 2.75) is 46.2 Å². The number of aromatic nitrogens is 1. The first-order valence-corrected chi connectivity index (χ1v) is 10.0. The predicted molar refractivity (Wildman–Crippen MR) is 109 cm³/mol. The molecule has 27 heavy (non-hydrogen) atoms. The minimum atomic E-state index is 0.0108. The number of aliphatic imine (C=N–C) groups is 1. The Morgan fingerprint density at radius 2 is 2.07 bits per heavy atom. The largest absolute Gasteiger partial charge is 0.357 e. The molecular weight excluding hydrogens is 340 g/mol. The first kappa shape index (κ1) is 21.2. The highest BCUT2D eigenvalue weighted by atomic mass is 16.1. The van der Waals surface area contributed by atoms with E-state index in [4.69, 9.17) is 0 Å². The average Bonchev–Trinajstić information content (AvgIpc) is 2.67. The quantitative estimate of drug-likeness (QED) is 0.364. The van der Waals surface area contributed by atoms with Gasteiger partial charge in [0.05, 0.1) is 12.2 Å². The molecule has 0 atom stereocenters. The van der Waals surface area contributed by atoms with Crippen molar-refractivity contribution < 1.29 is 4.79 Å². The third-order valence-electron chi connectivity index (χ3n) is 4.59. The summed E-state index contributed by atoms with van der Waals surface area (Å²) in [5.41, 5.74) is 1.13. The Morgan fingerprint density at radius 3 is 2.70 bits per heavy atom. The van der Waals surface area contributed by atoms with Crippen LogP contribution >= 0.6 is 0 Å². The molecule has 1 aliphatic rings. The zero-order chi connectivity index (χ0) is 19.5. The van der Waals surface area contributed by atoms with E-state index in [1.165, 1.54) is 0 Å². The van der Waals surface area contributed by atoms with E-state index in [-0.39, 0.29) is 11.8 Å². The highest BCUT2D eigenvalue weighted by Gasteiger charge is 2.20. The van der Waals surface area contributed by atoms with Crippen LogP contribution in [-0.4, -0.2) is 60.5 Å². The van der Waals surface area contributed by atoms with Crippen molar-refractivity contribution >= 4 is 11.9 Å². The van der Waals surface area contributed by atoms with Gasteiger partial charge in [-0.3, -0.25) is 19.7 Å². The summed E-state index contributed by atoms with van der Waals surface area (Å²) in [5, 5.41) is 9.73. The molecule has 1 amide bonds. The maximum Gasteiger partial charge on any atom is 0.222 e. The van der Waals surface area contributed by atoms with Crippen molar-refractivity contribution in [3.8, 4) is 0 Å². The molecule has 0 radical (unpaired) electrons. The normalized spacial score (nSPS) is 16.4. The Morgan fingerprint density at radius 1 is 1.30 bits per heavy atom. The number of hydrogen-bond acceptors (Lipinski definition) is 4. The van der Waals surface area contributed by atoms with Crippen LogP contribution in [0.15, 0.2) is 29.4 Å². The van der Waals surface area contributed by atoms with Gasteiger partial charge in [0, 0.05) is 50.9 Å². The van der Waals surface area contributed by atoms with Crippen LogP contribution in [0.25, 0.3) is 0 Å². The van der Waals surface area contributed by atoms with E-state index in [2.05, 4.69) is 43.8 Å². The summed E-state index contributed by atoms with van der Waals surface area (Å²) in [6, 6.07) is 6.50. The van der Waals surface area contributed by atoms with E-state index >= 15 is 0 Å². The first-order valence-electron chi connectivity index (χ1n) is 10.0. The molecule has 7 nitrogen and oxygen atoms in total. The lowest BCUT2D eigenvalue weighted by Crippen LogP contribution is -2.48. The second kappa shape index (κ2) is 11.5. The molecular formula is C20H34N6O. The third-order valence-corrected chi connectivity index (χ3v) is 4.59. The van der Waals surface area contributed by atoms with E-state index in [9.17, 15) is 4.79 Å². The van der Waals surface area contributed by atoms with Crippen molar-refractivity contribution in [1.82, 2.24) is 25.8 Å². The third kappa shape index (κ3) is 7.95. The van der Waals surface area contributed by atoms with Gasteiger partial charge < -0.3 is 16.0 Å². The van der Waals surface area contributed by atoms with Gasteiger partial charge in [-0.05, 0) is 31.9 Å². The maximum atomic E-state index is 11.6. The van der Waals surface area contributed by atoms with Gasteiger partial charge >= 0.3 is 0 Å². The van der Waals surface area contributed by atoms with Crippen LogP contribution in [-0.2, 0) is 11.3 Å². The maximum absolute atomic E-state index is 11.6. The number of carbonyl (C=O) groups is 1. The lowest BCUT2D eigenvalue weighted by Gasteiger charge is -2.32. The lowest BCUT2D eigenvalue weighted by atomic mass is 10.0. The number of nitrogens with one attached hydrogen (secondary N) is 3. The summed E-state index contributed by atoms with van der Waals surface area (Å²) in [7, 11) is 0. The van der Waals surface area contributed by atoms with Gasteiger partial charge in [0.15, 0.2) is 5.96 Å². The summed E-state index contributed by atoms with van der Waals surface area (Å²) < 4.78 is 0. The number of hydrogen-bond donors (Lipinski definition) is 3. The van der Waals surface area contributed by atoms with Crippen LogP contribution in [0, 0.1) is 5.92 Å². The molecule has 3 N–H and O–H groups in total. The predicted octanol–water partition coefficient (Wildman–Crippen LogP) is 1.37. The lowest BCUT2D eigenvalue weighted by molar-refractivity contribution is -0.123. The molecule has 2 rings (SSSR count). The molecule has 1 saturated heterocycles. The van der Waals surface area contributed by atoms with Crippen LogP contribution in [0.2, 0.25) is 0 Å². The number of rotatable bonds is 8. The van der Waals surface area contributed by atoms with E-state index in [0.717, 1.165) is 50.7 Å². The summed E-state index contributed by atoms with van der Waals surface area (Å²) in [6.07, 6.45) is 4.02. The number of piperidine rings is 1. The Kier molecular flexibility index (Phi) is 9.04. The Bertz CT molecular complexity index is 581. The fraction of sp³-hybridized carbons (Fsp3) is 0.650. The standard InChI is InChI=1S/C20H34N6O/c1-4-21-20(24-12-11-23-19(27)16(2)3)25-17-8-13-26(14-9-17)15-18-7-5-6-10-22-18/h5-7,10,16-17H,4,8-9,11-15H2,1-3H3,(H,23,27)(H2,21,24,25). The number of nitrogens with zero attached hydrogens (tertiary/aromatic N) is 3. The van der Waals surface area contributed by atoms with E-state index in [0.29, 0.717) is 19.1 Å². The topological polar surface area (TPSA) is 81.6 Å². The molecule has 1 aromatic rings. The number of pyridine rings is 1. The van der Waals surface area contributed by atoms with Gasteiger partial charge in [0.2, 0.25) is 5.91 Å². The SMILES string of the molecule is CCNC(=NCCNC(=O)C(C)C)NC1CCN(Cc2ccccn2)CC1. The van der Waals surface area contributed by atoms with Gasteiger partial charge in [-0.15, -0.1) is 0 Å². The Balaban J connectivity index is 1.73. The molecule has 0 aliphatic carbocycles. The zero-order valence-corrected chi connectivity index (χ0v) is 16.9. The Labute approximate surface area is 163 Å². The molecule has 0 bridgehead atoms. The van der Waals surface area contributed by atoms with Crippen molar-refractivity contribution in [3.63, 3.8) is 0 Å². The van der Waals surface area contributed by atoms with Crippen LogP contribution in [0.4, 0.5) is 0 Å². The van der Waals surface area contributed by atoms with E-state index in [1.54, 1.807) is 0 Å². The highest BCUT2D eigenvalue weighted by Crippen LogP contribution is 2.12. The molecule has 150 valence electrons. The summed E-state index contributed by atoms with van der Waals surface area (Å²) in [4.78, 5) is 23.0. The molecule has 0 saturated carbocycles. The first-order chi connectivity index (χ1) is 13.1. The minimum absolute atomic E-state index is 0.0108.